The SMILES string of the molecule is NC(=O)c1ccc(NC(=O)CN2CC(c3nc(-c4ncccn4)no3)C2)cc1. The van der Waals surface area contributed by atoms with Gasteiger partial charge in [-0.05, 0) is 30.3 Å². The molecule has 2 amide bonds. The van der Waals surface area contributed by atoms with Crippen molar-refractivity contribution >= 4 is 17.5 Å². The van der Waals surface area contributed by atoms with Crippen LogP contribution in [0.25, 0.3) is 11.6 Å². The Bertz CT molecular complexity index is 982. The second-order valence-corrected chi connectivity index (χ2v) is 6.41. The molecule has 4 rings (SSSR count). The van der Waals surface area contributed by atoms with Crippen LogP contribution in [0.15, 0.2) is 47.2 Å². The summed E-state index contributed by atoms with van der Waals surface area (Å²) in [6.45, 7) is 1.54. The largest absolute Gasteiger partial charge is 0.366 e. The van der Waals surface area contributed by atoms with E-state index in [1.165, 1.54) is 0 Å². The summed E-state index contributed by atoms with van der Waals surface area (Å²) < 4.78 is 5.30. The van der Waals surface area contributed by atoms with Crippen molar-refractivity contribution in [2.24, 2.45) is 5.73 Å². The lowest BCUT2D eigenvalue weighted by molar-refractivity contribution is -0.118. The van der Waals surface area contributed by atoms with Gasteiger partial charge in [0, 0.05) is 36.7 Å². The molecule has 0 atom stereocenters. The van der Waals surface area contributed by atoms with E-state index in [1.54, 1.807) is 42.7 Å². The molecular weight excluding hydrogens is 362 g/mol. The zero-order chi connectivity index (χ0) is 19.5. The summed E-state index contributed by atoms with van der Waals surface area (Å²) in [7, 11) is 0. The summed E-state index contributed by atoms with van der Waals surface area (Å²) in [6, 6.07) is 8.14. The predicted octanol–water partition coefficient (Wildman–Crippen LogP) is 0.663. The predicted molar refractivity (Wildman–Crippen MR) is 98.1 cm³/mol. The quantitative estimate of drug-likeness (QED) is 0.636. The number of primary amides is 1. The van der Waals surface area contributed by atoms with E-state index in [4.69, 9.17) is 10.3 Å². The number of carbonyl (C=O) groups is 2. The highest BCUT2D eigenvalue weighted by Crippen LogP contribution is 2.26. The molecule has 0 spiro atoms. The lowest BCUT2D eigenvalue weighted by Gasteiger charge is -2.36. The minimum Gasteiger partial charge on any atom is -0.366 e. The van der Waals surface area contributed by atoms with Crippen LogP contribution in [0.2, 0.25) is 0 Å². The molecule has 1 aromatic carbocycles. The number of benzene rings is 1. The molecule has 0 aliphatic carbocycles. The number of rotatable bonds is 6. The smallest absolute Gasteiger partial charge is 0.248 e. The van der Waals surface area contributed by atoms with Gasteiger partial charge in [-0.25, -0.2) is 9.97 Å². The molecule has 0 radical (unpaired) electrons. The number of hydrogen-bond acceptors (Lipinski definition) is 8. The average Bonchev–Trinajstić information content (AvgIpc) is 3.15. The van der Waals surface area contributed by atoms with Crippen LogP contribution in [0.5, 0.6) is 0 Å². The summed E-state index contributed by atoms with van der Waals surface area (Å²) in [4.78, 5) is 37.7. The zero-order valence-corrected chi connectivity index (χ0v) is 14.8. The summed E-state index contributed by atoms with van der Waals surface area (Å²) in [5.41, 5.74) is 6.19. The van der Waals surface area contributed by atoms with Crippen molar-refractivity contribution < 1.29 is 14.1 Å². The summed E-state index contributed by atoms with van der Waals surface area (Å²) >= 11 is 0. The Kier molecular flexibility index (Phi) is 4.77. The molecule has 3 heterocycles. The van der Waals surface area contributed by atoms with Gasteiger partial charge < -0.3 is 15.6 Å². The van der Waals surface area contributed by atoms with Crippen LogP contribution in [0.1, 0.15) is 22.2 Å². The van der Waals surface area contributed by atoms with Gasteiger partial charge in [0.05, 0.1) is 12.5 Å². The van der Waals surface area contributed by atoms with E-state index < -0.39 is 5.91 Å². The van der Waals surface area contributed by atoms with E-state index in [9.17, 15) is 9.59 Å². The van der Waals surface area contributed by atoms with E-state index in [0.29, 0.717) is 41.9 Å². The van der Waals surface area contributed by atoms with Crippen LogP contribution in [-0.4, -0.2) is 56.5 Å². The first kappa shape index (κ1) is 17.7. The van der Waals surface area contributed by atoms with Crippen molar-refractivity contribution in [3.05, 3.63) is 54.2 Å². The van der Waals surface area contributed by atoms with E-state index >= 15 is 0 Å². The maximum absolute atomic E-state index is 12.2. The fraction of sp³-hybridized carbons (Fsp3) is 0.222. The zero-order valence-electron chi connectivity index (χ0n) is 14.8. The lowest BCUT2D eigenvalue weighted by Crippen LogP contribution is -2.48. The van der Waals surface area contributed by atoms with Crippen molar-refractivity contribution in [1.29, 1.82) is 0 Å². The number of likely N-dealkylation sites (tertiary alicyclic amines) is 1. The molecule has 1 aliphatic heterocycles. The normalized spacial score (nSPS) is 14.4. The first-order valence-electron chi connectivity index (χ1n) is 8.61. The fourth-order valence-corrected chi connectivity index (χ4v) is 2.88. The minimum atomic E-state index is -0.507. The van der Waals surface area contributed by atoms with Crippen LogP contribution in [0, 0.1) is 0 Å². The molecule has 3 N–H and O–H groups in total. The van der Waals surface area contributed by atoms with Crippen molar-refractivity contribution in [3.8, 4) is 11.6 Å². The van der Waals surface area contributed by atoms with E-state index in [0.717, 1.165) is 0 Å². The molecule has 0 unspecified atom stereocenters. The molecule has 10 heteroatoms. The number of anilines is 1. The van der Waals surface area contributed by atoms with Gasteiger partial charge in [0.25, 0.3) is 0 Å². The number of nitrogens with zero attached hydrogens (tertiary/aromatic N) is 5. The monoisotopic (exact) mass is 379 g/mol. The maximum atomic E-state index is 12.2. The van der Waals surface area contributed by atoms with Crippen molar-refractivity contribution in [2.75, 3.05) is 25.0 Å². The molecular formula is C18H17N7O3. The lowest BCUT2D eigenvalue weighted by atomic mass is 10.0. The fourth-order valence-electron chi connectivity index (χ4n) is 2.88. The number of carbonyl (C=O) groups excluding carboxylic acids is 2. The maximum Gasteiger partial charge on any atom is 0.248 e. The molecule has 1 aliphatic rings. The second kappa shape index (κ2) is 7.53. The first-order chi connectivity index (χ1) is 13.6. The van der Waals surface area contributed by atoms with Gasteiger partial charge in [0.1, 0.15) is 0 Å². The summed E-state index contributed by atoms with van der Waals surface area (Å²) in [5, 5.41) is 6.70. The highest BCUT2D eigenvalue weighted by atomic mass is 16.5. The van der Waals surface area contributed by atoms with Crippen LogP contribution < -0.4 is 11.1 Å². The average molecular weight is 379 g/mol. The van der Waals surface area contributed by atoms with Crippen LogP contribution in [-0.2, 0) is 4.79 Å². The van der Waals surface area contributed by atoms with E-state index in [1.807, 2.05) is 4.90 Å². The molecule has 2 aromatic heterocycles. The molecule has 10 nitrogen and oxygen atoms in total. The number of amides is 2. The van der Waals surface area contributed by atoms with Crippen molar-refractivity contribution in [1.82, 2.24) is 25.0 Å². The third kappa shape index (κ3) is 3.86. The Morgan fingerprint density at radius 1 is 1.14 bits per heavy atom. The van der Waals surface area contributed by atoms with Crippen molar-refractivity contribution in [2.45, 2.75) is 5.92 Å². The number of nitrogens with two attached hydrogens (primary N) is 1. The second-order valence-electron chi connectivity index (χ2n) is 6.41. The van der Waals surface area contributed by atoms with Gasteiger partial charge in [0.15, 0.2) is 0 Å². The number of hydrogen-bond donors (Lipinski definition) is 2. The van der Waals surface area contributed by atoms with Gasteiger partial charge in [0.2, 0.25) is 29.4 Å². The third-order valence-electron chi connectivity index (χ3n) is 4.33. The minimum absolute atomic E-state index is 0.0765. The summed E-state index contributed by atoms with van der Waals surface area (Å²) in [5.74, 6) is 0.706. The van der Waals surface area contributed by atoms with Crippen molar-refractivity contribution in [3.63, 3.8) is 0 Å². The van der Waals surface area contributed by atoms with Gasteiger partial charge in [-0.1, -0.05) is 5.16 Å². The Morgan fingerprint density at radius 2 is 1.86 bits per heavy atom. The highest BCUT2D eigenvalue weighted by molar-refractivity contribution is 5.95. The Morgan fingerprint density at radius 3 is 2.54 bits per heavy atom. The van der Waals surface area contributed by atoms with E-state index in [2.05, 4.69) is 25.4 Å². The molecule has 1 saturated heterocycles. The molecule has 3 aromatic rings. The summed E-state index contributed by atoms with van der Waals surface area (Å²) in [6.07, 6.45) is 3.23. The van der Waals surface area contributed by atoms with Gasteiger partial charge in [-0.2, -0.15) is 4.98 Å². The molecule has 1 fully saturated rings. The molecule has 142 valence electrons. The molecule has 0 bridgehead atoms. The Hall–Kier alpha value is -3.66. The van der Waals surface area contributed by atoms with Gasteiger partial charge in [-0.3, -0.25) is 14.5 Å². The van der Waals surface area contributed by atoms with Crippen LogP contribution in [0.3, 0.4) is 0 Å². The van der Waals surface area contributed by atoms with E-state index in [-0.39, 0.29) is 18.4 Å². The Labute approximate surface area is 159 Å². The topological polar surface area (TPSA) is 140 Å². The number of aromatic nitrogens is 4. The van der Waals surface area contributed by atoms with Crippen LogP contribution in [0.4, 0.5) is 5.69 Å². The molecule has 28 heavy (non-hydrogen) atoms. The molecule has 0 saturated carbocycles. The Balaban J connectivity index is 1.27. The van der Waals surface area contributed by atoms with Gasteiger partial charge in [-0.15, -0.1) is 0 Å². The van der Waals surface area contributed by atoms with Crippen LogP contribution >= 0.6 is 0 Å². The third-order valence-corrected chi connectivity index (χ3v) is 4.33. The van der Waals surface area contributed by atoms with Gasteiger partial charge >= 0.3 is 0 Å². The number of nitrogens with one attached hydrogen (secondary N) is 1. The standard InChI is InChI=1S/C18H17N7O3/c19-15(27)11-2-4-13(5-3-11)22-14(26)10-25-8-12(9-25)18-23-17(24-28-18)16-20-6-1-7-21-16/h1-7,12H,8-10H2,(H2,19,27)(H,22,26). The highest BCUT2D eigenvalue weighted by Gasteiger charge is 2.33. The first-order valence-corrected chi connectivity index (χ1v) is 8.61.